The first kappa shape index (κ1) is 25.6. The fourth-order valence-corrected chi connectivity index (χ4v) is 2.72. The predicted octanol–water partition coefficient (Wildman–Crippen LogP) is 7.43. The number of hydrogen-bond donors (Lipinski definition) is 0. The lowest BCUT2D eigenvalue weighted by molar-refractivity contribution is -0.108. The molecule has 0 aliphatic heterocycles. The molecule has 0 N–H and O–H groups in total. The molecule has 0 atom stereocenters. The van der Waals surface area contributed by atoms with Crippen molar-refractivity contribution < 1.29 is 9.59 Å². The van der Waals surface area contributed by atoms with Gasteiger partial charge in [-0.05, 0) is 12.8 Å². The van der Waals surface area contributed by atoms with Crippen molar-refractivity contribution in [1.82, 2.24) is 0 Å². The normalized spacial score (nSPS) is 10.1. The summed E-state index contributed by atoms with van der Waals surface area (Å²) < 4.78 is 0. The fourth-order valence-electron chi connectivity index (χ4n) is 2.72. The molecular weight excluding hydrogens is 296 g/mol. The highest BCUT2D eigenvalue weighted by Gasteiger charge is 1.91. The molecule has 0 fully saturated rings. The van der Waals surface area contributed by atoms with Gasteiger partial charge in [-0.1, -0.05) is 104 Å². The van der Waals surface area contributed by atoms with Gasteiger partial charge in [0.1, 0.15) is 12.6 Å². The summed E-state index contributed by atoms with van der Waals surface area (Å²) in [6.07, 6.45) is 24.6. The van der Waals surface area contributed by atoms with Crippen LogP contribution >= 0.6 is 0 Å². The van der Waals surface area contributed by atoms with Crippen LogP contribution in [-0.4, -0.2) is 12.6 Å². The summed E-state index contributed by atoms with van der Waals surface area (Å²) in [6, 6.07) is 0. The van der Waals surface area contributed by atoms with E-state index < -0.39 is 0 Å². The molecule has 0 aliphatic rings. The molecule has 144 valence electrons. The molecule has 0 amide bonds. The summed E-state index contributed by atoms with van der Waals surface area (Å²) in [7, 11) is 0. The molecule has 0 aliphatic carbocycles. The Kier molecular flexibility index (Phi) is 29.0. The van der Waals surface area contributed by atoms with Gasteiger partial charge in [0.05, 0.1) is 0 Å². The number of aldehydes is 2. The zero-order valence-electron chi connectivity index (χ0n) is 16.7. The summed E-state index contributed by atoms with van der Waals surface area (Å²) >= 11 is 0. The van der Waals surface area contributed by atoms with Crippen LogP contribution in [-0.2, 0) is 9.59 Å². The quantitative estimate of drug-likeness (QED) is 0.192. The third kappa shape index (κ3) is 29.4. The minimum Gasteiger partial charge on any atom is -0.303 e. The van der Waals surface area contributed by atoms with E-state index in [1.165, 1.54) is 89.9 Å². The van der Waals surface area contributed by atoms with E-state index in [0.29, 0.717) is 0 Å². The maximum absolute atomic E-state index is 10.0. The molecule has 0 saturated carbocycles. The van der Waals surface area contributed by atoms with E-state index in [1.54, 1.807) is 0 Å². The molecule has 0 aromatic carbocycles. The summed E-state index contributed by atoms with van der Waals surface area (Å²) in [6.45, 7) is 4.48. The lowest BCUT2D eigenvalue weighted by Crippen LogP contribution is -1.81. The van der Waals surface area contributed by atoms with Crippen LogP contribution in [0.15, 0.2) is 0 Å². The highest BCUT2D eigenvalue weighted by atomic mass is 16.1. The molecule has 2 nitrogen and oxygen atoms in total. The molecule has 24 heavy (non-hydrogen) atoms. The van der Waals surface area contributed by atoms with Gasteiger partial charge in [-0.3, -0.25) is 0 Å². The van der Waals surface area contributed by atoms with Crippen molar-refractivity contribution in [2.75, 3.05) is 0 Å². The van der Waals surface area contributed by atoms with Crippen LogP contribution in [0.5, 0.6) is 0 Å². The Bertz CT molecular complexity index is 226. The topological polar surface area (TPSA) is 34.1 Å². The third-order valence-electron chi connectivity index (χ3n) is 4.35. The van der Waals surface area contributed by atoms with Crippen LogP contribution < -0.4 is 0 Å². The number of carbonyl (C=O) groups is 2. The molecule has 0 aromatic rings. The van der Waals surface area contributed by atoms with Crippen LogP contribution in [0.3, 0.4) is 0 Å². The number of rotatable bonds is 18. The maximum atomic E-state index is 10.0. The van der Waals surface area contributed by atoms with Gasteiger partial charge in [0, 0.05) is 12.8 Å². The maximum Gasteiger partial charge on any atom is 0.119 e. The van der Waals surface area contributed by atoms with Crippen molar-refractivity contribution in [1.29, 1.82) is 0 Å². The van der Waals surface area contributed by atoms with Gasteiger partial charge < -0.3 is 9.59 Å². The Hall–Kier alpha value is -0.660. The Morgan fingerprint density at radius 1 is 0.417 bits per heavy atom. The van der Waals surface area contributed by atoms with Gasteiger partial charge >= 0.3 is 0 Å². The van der Waals surface area contributed by atoms with Crippen molar-refractivity contribution in [3.8, 4) is 0 Å². The third-order valence-corrected chi connectivity index (χ3v) is 4.35. The monoisotopic (exact) mass is 340 g/mol. The molecular formula is C22H44O2. The average Bonchev–Trinajstić information content (AvgIpc) is 2.60. The lowest BCUT2D eigenvalue weighted by atomic mass is 10.1. The van der Waals surface area contributed by atoms with E-state index in [0.717, 1.165) is 38.3 Å². The summed E-state index contributed by atoms with van der Waals surface area (Å²) in [5, 5.41) is 0. The van der Waals surface area contributed by atoms with E-state index in [4.69, 9.17) is 0 Å². The fraction of sp³-hybridized carbons (Fsp3) is 0.909. The molecule has 0 bridgehead atoms. The van der Waals surface area contributed by atoms with Crippen molar-refractivity contribution in [2.45, 2.75) is 129 Å². The number of hydrogen-bond acceptors (Lipinski definition) is 2. The summed E-state index contributed by atoms with van der Waals surface area (Å²) in [5.74, 6) is 0. The number of unbranched alkanes of at least 4 members (excludes halogenated alkanes) is 16. The minimum absolute atomic E-state index is 0.758. The second-order valence-corrected chi connectivity index (χ2v) is 6.86. The minimum atomic E-state index is 0.758. The van der Waals surface area contributed by atoms with Crippen LogP contribution in [0.1, 0.15) is 129 Å². The standard InChI is InChI=1S/C12H24O.C10H20O/c1-2-3-4-5-6-7-8-9-10-11-12-13;1-2-3-4-5-6-7-8-9-10-11/h12H,2-11H2,1H3;10H,2-9H2,1H3. The Morgan fingerprint density at radius 2 is 0.667 bits per heavy atom. The molecule has 0 radical (unpaired) electrons. The highest BCUT2D eigenvalue weighted by Crippen LogP contribution is 2.10. The van der Waals surface area contributed by atoms with Crippen LogP contribution in [0.4, 0.5) is 0 Å². The van der Waals surface area contributed by atoms with Gasteiger partial charge in [0.25, 0.3) is 0 Å². The smallest absolute Gasteiger partial charge is 0.119 e. The van der Waals surface area contributed by atoms with E-state index in [1.807, 2.05) is 0 Å². The highest BCUT2D eigenvalue weighted by molar-refractivity contribution is 5.49. The van der Waals surface area contributed by atoms with Gasteiger partial charge in [-0.15, -0.1) is 0 Å². The van der Waals surface area contributed by atoms with Gasteiger partial charge in [0.2, 0.25) is 0 Å². The Morgan fingerprint density at radius 3 is 0.917 bits per heavy atom. The van der Waals surface area contributed by atoms with Crippen LogP contribution in [0.2, 0.25) is 0 Å². The second-order valence-electron chi connectivity index (χ2n) is 6.86. The molecule has 0 aromatic heterocycles. The Labute approximate surface area is 152 Å². The molecule has 0 heterocycles. The van der Waals surface area contributed by atoms with Crippen molar-refractivity contribution in [3.63, 3.8) is 0 Å². The van der Waals surface area contributed by atoms with Crippen LogP contribution in [0, 0.1) is 0 Å². The SMILES string of the molecule is CCCCCCCCCC=O.CCCCCCCCCCCC=O. The lowest BCUT2D eigenvalue weighted by Gasteiger charge is -1.99. The van der Waals surface area contributed by atoms with Crippen molar-refractivity contribution in [2.24, 2.45) is 0 Å². The average molecular weight is 341 g/mol. The van der Waals surface area contributed by atoms with E-state index in [-0.39, 0.29) is 0 Å². The molecule has 0 rings (SSSR count). The van der Waals surface area contributed by atoms with Crippen molar-refractivity contribution >= 4 is 12.6 Å². The predicted molar refractivity (Wildman–Crippen MR) is 107 cm³/mol. The summed E-state index contributed by atoms with van der Waals surface area (Å²) in [5.41, 5.74) is 0. The summed E-state index contributed by atoms with van der Waals surface area (Å²) in [4.78, 5) is 20.0. The van der Waals surface area contributed by atoms with Crippen LogP contribution in [0.25, 0.3) is 0 Å². The molecule has 0 spiro atoms. The molecule has 2 heteroatoms. The van der Waals surface area contributed by atoms with Gasteiger partial charge in [-0.25, -0.2) is 0 Å². The van der Waals surface area contributed by atoms with Gasteiger partial charge in [-0.2, -0.15) is 0 Å². The largest absolute Gasteiger partial charge is 0.303 e. The van der Waals surface area contributed by atoms with E-state index >= 15 is 0 Å². The second kappa shape index (κ2) is 27.2. The van der Waals surface area contributed by atoms with Gasteiger partial charge in [0.15, 0.2) is 0 Å². The zero-order valence-corrected chi connectivity index (χ0v) is 16.7. The first-order valence-electron chi connectivity index (χ1n) is 10.7. The first-order chi connectivity index (χ1) is 11.8. The molecule has 0 saturated heterocycles. The van der Waals surface area contributed by atoms with Crippen molar-refractivity contribution in [3.05, 3.63) is 0 Å². The number of carbonyl (C=O) groups excluding carboxylic acids is 2. The van der Waals surface area contributed by atoms with E-state index in [9.17, 15) is 9.59 Å². The zero-order chi connectivity index (χ0) is 18.1. The molecule has 0 unspecified atom stereocenters. The Balaban J connectivity index is 0. The first-order valence-corrected chi connectivity index (χ1v) is 10.7. The van der Waals surface area contributed by atoms with E-state index in [2.05, 4.69) is 13.8 Å².